The first-order chi connectivity index (χ1) is 13.6. The van der Waals surface area contributed by atoms with Crippen molar-refractivity contribution in [2.24, 2.45) is 0 Å². The minimum atomic E-state index is -0.698. The molecule has 0 aliphatic heterocycles. The number of esters is 1. The van der Waals surface area contributed by atoms with Gasteiger partial charge in [-0.2, -0.15) is 0 Å². The number of urea groups is 1. The summed E-state index contributed by atoms with van der Waals surface area (Å²) < 4.78 is 4.91. The van der Waals surface area contributed by atoms with E-state index in [1.165, 1.54) is 11.3 Å². The number of benzene rings is 1. The van der Waals surface area contributed by atoms with Crippen molar-refractivity contribution in [2.45, 2.75) is 13.0 Å². The van der Waals surface area contributed by atoms with Crippen LogP contribution in [0.4, 0.5) is 4.79 Å². The lowest BCUT2D eigenvalue weighted by Crippen LogP contribution is -2.41. The highest BCUT2D eigenvalue weighted by Crippen LogP contribution is 2.27. The predicted molar refractivity (Wildman–Crippen MR) is 107 cm³/mol. The third-order valence-electron chi connectivity index (χ3n) is 3.52. The number of imide groups is 1. The fraction of sp³-hybridized carbons (Fsp3) is 0.158. The van der Waals surface area contributed by atoms with Gasteiger partial charge in [0.25, 0.3) is 5.91 Å². The molecule has 0 aliphatic carbocycles. The molecule has 3 aromatic rings. The van der Waals surface area contributed by atoms with Crippen LogP contribution in [0.2, 0.25) is 0 Å². The van der Waals surface area contributed by atoms with Crippen LogP contribution in [0.3, 0.4) is 0 Å². The molecule has 3 rings (SSSR count). The lowest BCUT2D eigenvalue weighted by atomic mass is 10.2. The molecular formula is C19H17N3O4S2. The molecule has 1 aromatic carbocycles. The van der Waals surface area contributed by atoms with Gasteiger partial charge in [-0.1, -0.05) is 36.4 Å². The number of hydrogen-bond donors (Lipinski definition) is 2. The molecule has 0 saturated carbocycles. The van der Waals surface area contributed by atoms with Crippen molar-refractivity contribution < 1.29 is 19.1 Å². The number of thiazole rings is 1. The van der Waals surface area contributed by atoms with E-state index < -0.39 is 24.5 Å². The first-order valence-electron chi connectivity index (χ1n) is 8.35. The molecule has 3 amide bonds. The second-order valence-corrected chi connectivity index (χ2v) is 7.48. The molecule has 0 atom stereocenters. The molecule has 28 heavy (non-hydrogen) atoms. The number of nitrogens with one attached hydrogen (secondary N) is 2. The maximum Gasteiger partial charge on any atom is 0.321 e. The van der Waals surface area contributed by atoms with Gasteiger partial charge in [0.05, 0.1) is 17.0 Å². The molecule has 2 aromatic heterocycles. The first kappa shape index (κ1) is 19.7. The number of hydrogen-bond acceptors (Lipinski definition) is 7. The van der Waals surface area contributed by atoms with Crippen LogP contribution >= 0.6 is 22.7 Å². The Kier molecular flexibility index (Phi) is 6.88. The van der Waals surface area contributed by atoms with Gasteiger partial charge in [-0.15, -0.1) is 22.7 Å². The molecular weight excluding hydrogens is 398 g/mol. The molecule has 0 fully saturated rings. The molecule has 9 heteroatoms. The van der Waals surface area contributed by atoms with Gasteiger partial charge in [-0.25, -0.2) is 9.78 Å². The van der Waals surface area contributed by atoms with Gasteiger partial charge in [0, 0.05) is 11.9 Å². The quantitative estimate of drug-likeness (QED) is 0.578. The molecule has 0 radical (unpaired) electrons. The van der Waals surface area contributed by atoms with E-state index in [9.17, 15) is 14.4 Å². The average molecular weight is 415 g/mol. The fourth-order valence-corrected chi connectivity index (χ4v) is 3.87. The van der Waals surface area contributed by atoms with Gasteiger partial charge < -0.3 is 10.1 Å². The zero-order chi connectivity index (χ0) is 19.8. The van der Waals surface area contributed by atoms with Crippen molar-refractivity contribution in [3.63, 3.8) is 0 Å². The summed E-state index contributed by atoms with van der Waals surface area (Å²) in [5, 5.41) is 9.25. The van der Waals surface area contributed by atoms with E-state index in [-0.39, 0.29) is 13.0 Å². The predicted octanol–water partition coefficient (Wildman–Crippen LogP) is 2.98. The number of rotatable bonds is 7. The summed E-state index contributed by atoms with van der Waals surface area (Å²) in [4.78, 5) is 40.7. The smallest absolute Gasteiger partial charge is 0.321 e. The molecule has 144 valence electrons. The summed E-state index contributed by atoms with van der Waals surface area (Å²) in [6, 6.07) is 12.5. The Hall–Kier alpha value is -3.04. The van der Waals surface area contributed by atoms with E-state index in [2.05, 4.69) is 15.6 Å². The van der Waals surface area contributed by atoms with Crippen LogP contribution in [-0.4, -0.2) is 29.5 Å². The summed E-state index contributed by atoms with van der Waals surface area (Å²) in [7, 11) is 0. The Labute approximate surface area is 169 Å². The SMILES string of the molecule is O=C(COC(=O)Cc1csc(-c2cccs2)n1)NC(=O)NCc1ccccc1. The Morgan fingerprint density at radius 2 is 1.86 bits per heavy atom. The van der Waals surface area contributed by atoms with Crippen molar-refractivity contribution >= 4 is 40.6 Å². The van der Waals surface area contributed by atoms with Gasteiger partial charge in [0.15, 0.2) is 6.61 Å². The monoisotopic (exact) mass is 415 g/mol. The second-order valence-electron chi connectivity index (χ2n) is 5.68. The largest absolute Gasteiger partial charge is 0.455 e. The van der Waals surface area contributed by atoms with Crippen LogP contribution < -0.4 is 10.6 Å². The highest BCUT2D eigenvalue weighted by atomic mass is 32.1. The summed E-state index contributed by atoms with van der Waals surface area (Å²) in [6.07, 6.45) is -0.0324. The van der Waals surface area contributed by atoms with Crippen LogP contribution in [0.1, 0.15) is 11.3 Å². The van der Waals surface area contributed by atoms with Crippen molar-refractivity contribution in [1.29, 1.82) is 0 Å². The number of thiophene rings is 1. The number of carbonyl (C=O) groups excluding carboxylic acids is 3. The fourth-order valence-electron chi connectivity index (χ4n) is 2.23. The van der Waals surface area contributed by atoms with Gasteiger partial charge in [0.1, 0.15) is 5.01 Å². The Morgan fingerprint density at radius 1 is 1.04 bits per heavy atom. The van der Waals surface area contributed by atoms with Crippen molar-refractivity contribution in [2.75, 3.05) is 6.61 Å². The molecule has 2 N–H and O–H groups in total. The molecule has 0 unspecified atom stereocenters. The normalized spacial score (nSPS) is 10.3. The van der Waals surface area contributed by atoms with Crippen LogP contribution in [-0.2, 0) is 27.3 Å². The van der Waals surface area contributed by atoms with Gasteiger partial charge >= 0.3 is 12.0 Å². The van der Waals surface area contributed by atoms with Crippen LogP contribution in [0, 0.1) is 0 Å². The molecule has 7 nitrogen and oxygen atoms in total. The van der Waals surface area contributed by atoms with E-state index in [4.69, 9.17) is 4.74 Å². The number of ether oxygens (including phenoxy) is 1. The van der Waals surface area contributed by atoms with E-state index >= 15 is 0 Å². The Morgan fingerprint density at radius 3 is 2.61 bits per heavy atom. The molecule has 0 spiro atoms. The first-order valence-corrected chi connectivity index (χ1v) is 10.1. The third kappa shape index (κ3) is 6.00. The number of aromatic nitrogens is 1. The third-order valence-corrected chi connectivity index (χ3v) is 5.45. The van der Waals surface area contributed by atoms with E-state index in [1.54, 1.807) is 16.7 Å². The molecule has 0 saturated heterocycles. The maximum absolute atomic E-state index is 11.9. The van der Waals surface area contributed by atoms with E-state index in [0.29, 0.717) is 5.69 Å². The van der Waals surface area contributed by atoms with E-state index in [0.717, 1.165) is 15.4 Å². The zero-order valence-corrected chi connectivity index (χ0v) is 16.3. The lowest BCUT2D eigenvalue weighted by molar-refractivity contribution is -0.147. The van der Waals surface area contributed by atoms with Gasteiger partial charge in [-0.05, 0) is 17.0 Å². The summed E-state index contributed by atoms with van der Waals surface area (Å²) >= 11 is 3.02. The maximum atomic E-state index is 11.9. The summed E-state index contributed by atoms with van der Waals surface area (Å²) in [5.41, 5.74) is 1.49. The summed E-state index contributed by atoms with van der Waals surface area (Å²) in [6.45, 7) is -0.240. The van der Waals surface area contributed by atoms with Crippen LogP contribution in [0.25, 0.3) is 9.88 Å². The number of nitrogens with zero attached hydrogens (tertiary/aromatic N) is 1. The van der Waals surface area contributed by atoms with Gasteiger partial charge in [-0.3, -0.25) is 14.9 Å². The Balaban J connectivity index is 1.37. The van der Waals surface area contributed by atoms with Crippen molar-refractivity contribution in [1.82, 2.24) is 15.6 Å². The highest BCUT2D eigenvalue weighted by Gasteiger charge is 2.13. The topological polar surface area (TPSA) is 97.4 Å². The standard InChI is InChI=1S/C19H17N3O4S2/c23-16(22-19(25)20-10-13-5-2-1-3-6-13)11-26-17(24)9-14-12-28-18(21-14)15-7-4-8-27-15/h1-8,12H,9-11H2,(H2,20,22,23,25). The summed E-state index contributed by atoms with van der Waals surface area (Å²) in [5.74, 6) is -1.28. The molecule has 0 aliphatic rings. The molecule has 0 bridgehead atoms. The lowest BCUT2D eigenvalue weighted by Gasteiger charge is -2.07. The van der Waals surface area contributed by atoms with Crippen LogP contribution in [0.15, 0.2) is 53.2 Å². The Bertz CT molecular complexity index is 939. The minimum absolute atomic E-state index is 0.0324. The second kappa shape index (κ2) is 9.77. The van der Waals surface area contributed by atoms with Gasteiger partial charge in [0.2, 0.25) is 0 Å². The highest BCUT2D eigenvalue weighted by molar-refractivity contribution is 7.20. The molecule has 2 heterocycles. The number of carbonyl (C=O) groups is 3. The van der Waals surface area contributed by atoms with Crippen LogP contribution in [0.5, 0.6) is 0 Å². The minimum Gasteiger partial charge on any atom is -0.455 e. The van der Waals surface area contributed by atoms with Crippen molar-refractivity contribution in [3.8, 4) is 9.88 Å². The van der Waals surface area contributed by atoms with E-state index in [1.807, 2.05) is 47.8 Å². The van der Waals surface area contributed by atoms with Crippen molar-refractivity contribution in [3.05, 3.63) is 64.5 Å². The zero-order valence-electron chi connectivity index (χ0n) is 14.7. The average Bonchev–Trinajstić information content (AvgIpc) is 3.37. The number of amides is 3.